The summed E-state index contributed by atoms with van der Waals surface area (Å²) in [6, 6.07) is 7.48. The highest BCUT2D eigenvalue weighted by atomic mass is 16.7. The van der Waals surface area contributed by atoms with Gasteiger partial charge in [-0.2, -0.15) is 0 Å². The Labute approximate surface area is 119 Å². The van der Waals surface area contributed by atoms with Crippen molar-refractivity contribution < 1.29 is 5.03 Å². The van der Waals surface area contributed by atoms with Crippen molar-refractivity contribution in [2.24, 2.45) is 0 Å². The third-order valence-electron chi connectivity index (χ3n) is 3.52. The molecule has 0 spiro atoms. The van der Waals surface area contributed by atoms with Crippen LogP contribution in [0.5, 0.6) is 0 Å². The van der Waals surface area contributed by atoms with Crippen molar-refractivity contribution in [3.05, 3.63) is 34.4 Å². The fraction of sp³-hybridized carbons (Fsp3) is 0.571. The number of nitrogens with zero attached hydrogens (tertiary/aromatic N) is 2. The number of para-hydroxylation sites is 2. The summed E-state index contributed by atoms with van der Waals surface area (Å²) < 4.78 is 0. The van der Waals surface area contributed by atoms with E-state index in [9.17, 15) is 10.1 Å². The molecule has 20 heavy (non-hydrogen) atoms. The number of anilines is 2. The van der Waals surface area contributed by atoms with Crippen LogP contribution in [-0.4, -0.2) is 35.6 Å². The summed E-state index contributed by atoms with van der Waals surface area (Å²) in [5.74, 6) is 0. The second kappa shape index (κ2) is 7.09. The molecule has 1 atom stereocenters. The summed E-state index contributed by atoms with van der Waals surface area (Å²) in [5, 5.41) is 13.4. The van der Waals surface area contributed by atoms with Crippen LogP contribution in [0.25, 0.3) is 0 Å². The van der Waals surface area contributed by atoms with Gasteiger partial charge in [0.25, 0.3) is 0 Å². The maximum atomic E-state index is 10.6. The molecule has 1 heterocycles. The molecule has 110 valence electrons. The van der Waals surface area contributed by atoms with E-state index in [0.717, 1.165) is 25.3 Å². The van der Waals surface area contributed by atoms with E-state index in [1.54, 1.807) is 12.1 Å². The highest BCUT2D eigenvalue weighted by molar-refractivity contribution is 5.67. The standard InChI is InChI=1S/C14H22N4O2/c1-12(11-17-9-5-2-6-10-17)15-13-7-3-4-8-14(13)16-18(19)20/h3-4,7-8,12,15-16H,2,5-6,9-11H2,1H3. The lowest BCUT2D eigenvalue weighted by Gasteiger charge is -2.29. The van der Waals surface area contributed by atoms with Crippen molar-refractivity contribution in [2.45, 2.75) is 32.2 Å². The molecule has 1 aliphatic rings. The molecule has 6 heteroatoms. The summed E-state index contributed by atoms with van der Waals surface area (Å²) in [6.07, 6.45) is 3.87. The van der Waals surface area contributed by atoms with E-state index < -0.39 is 5.03 Å². The van der Waals surface area contributed by atoms with Gasteiger partial charge in [0.05, 0.1) is 5.69 Å². The maximum absolute atomic E-state index is 10.6. The molecule has 1 aliphatic heterocycles. The van der Waals surface area contributed by atoms with Crippen LogP contribution in [-0.2, 0) is 0 Å². The average molecular weight is 278 g/mol. The monoisotopic (exact) mass is 278 g/mol. The predicted octanol–water partition coefficient (Wildman–Crippen LogP) is 2.58. The summed E-state index contributed by atoms with van der Waals surface area (Å²) in [6.45, 7) is 5.38. The van der Waals surface area contributed by atoms with E-state index in [1.165, 1.54) is 19.3 Å². The number of benzene rings is 1. The molecule has 0 bridgehead atoms. The maximum Gasteiger partial charge on any atom is 0.162 e. The molecule has 2 N–H and O–H groups in total. The van der Waals surface area contributed by atoms with Crippen molar-refractivity contribution in [3.8, 4) is 0 Å². The Hall–Kier alpha value is -1.82. The van der Waals surface area contributed by atoms with E-state index in [0.29, 0.717) is 5.69 Å². The molecule has 0 aliphatic carbocycles. The summed E-state index contributed by atoms with van der Waals surface area (Å²) in [7, 11) is 0. The Bertz CT molecular complexity index is 447. The third kappa shape index (κ3) is 4.38. The van der Waals surface area contributed by atoms with E-state index in [-0.39, 0.29) is 6.04 Å². The van der Waals surface area contributed by atoms with Crippen molar-refractivity contribution in [3.63, 3.8) is 0 Å². The van der Waals surface area contributed by atoms with E-state index in [2.05, 4.69) is 22.6 Å². The number of nitro groups is 1. The summed E-state index contributed by atoms with van der Waals surface area (Å²) in [4.78, 5) is 13.0. The lowest BCUT2D eigenvalue weighted by Crippen LogP contribution is -2.38. The lowest BCUT2D eigenvalue weighted by molar-refractivity contribution is -0.445. The number of rotatable bonds is 6. The number of hydrogen-bond donors (Lipinski definition) is 2. The number of nitrogens with one attached hydrogen (secondary N) is 2. The van der Waals surface area contributed by atoms with Crippen molar-refractivity contribution in [1.82, 2.24) is 4.90 Å². The van der Waals surface area contributed by atoms with Gasteiger partial charge in [0.2, 0.25) is 0 Å². The molecule has 2 rings (SSSR count). The number of hydrogen-bond acceptors (Lipinski definition) is 4. The minimum Gasteiger partial charge on any atom is -0.379 e. The van der Waals surface area contributed by atoms with Gasteiger partial charge >= 0.3 is 0 Å². The second-order valence-electron chi connectivity index (χ2n) is 5.32. The van der Waals surface area contributed by atoms with Crippen LogP contribution in [0, 0.1) is 10.1 Å². The smallest absolute Gasteiger partial charge is 0.162 e. The minimum absolute atomic E-state index is 0.253. The molecule has 0 saturated carbocycles. The van der Waals surface area contributed by atoms with Gasteiger partial charge in [-0.3, -0.25) is 0 Å². The molecule has 1 aromatic rings. The van der Waals surface area contributed by atoms with Crippen LogP contribution in [0.2, 0.25) is 0 Å². The van der Waals surface area contributed by atoms with Gasteiger partial charge in [-0.05, 0) is 45.0 Å². The lowest BCUT2D eigenvalue weighted by atomic mass is 10.1. The molecule has 1 fully saturated rings. The largest absolute Gasteiger partial charge is 0.379 e. The van der Waals surface area contributed by atoms with E-state index in [4.69, 9.17) is 0 Å². The van der Waals surface area contributed by atoms with Crippen LogP contribution >= 0.6 is 0 Å². The van der Waals surface area contributed by atoms with Gasteiger partial charge < -0.3 is 10.2 Å². The van der Waals surface area contributed by atoms with Crippen LogP contribution in [0.3, 0.4) is 0 Å². The zero-order chi connectivity index (χ0) is 14.4. The quantitative estimate of drug-likeness (QED) is 0.618. The third-order valence-corrected chi connectivity index (χ3v) is 3.52. The number of hydrazine groups is 1. The summed E-state index contributed by atoms with van der Waals surface area (Å²) in [5.41, 5.74) is 3.50. The first-order chi connectivity index (χ1) is 9.65. The first-order valence-corrected chi connectivity index (χ1v) is 7.14. The second-order valence-corrected chi connectivity index (χ2v) is 5.32. The first-order valence-electron chi connectivity index (χ1n) is 7.14. The van der Waals surface area contributed by atoms with Crippen LogP contribution < -0.4 is 10.7 Å². The van der Waals surface area contributed by atoms with Crippen molar-refractivity contribution in [2.75, 3.05) is 30.4 Å². The molecule has 1 unspecified atom stereocenters. The molecule has 0 aromatic heterocycles. The van der Waals surface area contributed by atoms with Gasteiger partial charge in [-0.25, -0.2) is 10.1 Å². The van der Waals surface area contributed by atoms with E-state index in [1.807, 2.05) is 12.1 Å². The van der Waals surface area contributed by atoms with Gasteiger partial charge in [-0.1, -0.05) is 18.6 Å². The first kappa shape index (κ1) is 14.6. The van der Waals surface area contributed by atoms with Gasteiger partial charge in [0.15, 0.2) is 5.03 Å². The summed E-state index contributed by atoms with van der Waals surface area (Å²) >= 11 is 0. The zero-order valence-corrected chi connectivity index (χ0v) is 11.8. The van der Waals surface area contributed by atoms with Gasteiger partial charge in [0.1, 0.15) is 5.69 Å². The zero-order valence-electron chi connectivity index (χ0n) is 11.8. The Kier molecular flexibility index (Phi) is 5.17. The van der Waals surface area contributed by atoms with Gasteiger partial charge in [0, 0.05) is 12.6 Å². The molecular formula is C14H22N4O2. The minimum atomic E-state index is -0.532. The highest BCUT2D eigenvalue weighted by Gasteiger charge is 2.14. The molecule has 0 amide bonds. The van der Waals surface area contributed by atoms with Crippen LogP contribution in [0.1, 0.15) is 26.2 Å². The SMILES string of the molecule is CC(CN1CCCCC1)Nc1ccccc1N[N+](=O)[O-]. The highest BCUT2D eigenvalue weighted by Crippen LogP contribution is 2.22. The molecular weight excluding hydrogens is 256 g/mol. The topological polar surface area (TPSA) is 70.4 Å². The van der Waals surface area contributed by atoms with Crippen molar-refractivity contribution in [1.29, 1.82) is 0 Å². The molecule has 1 saturated heterocycles. The van der Waals surface area contributed by atoms with Crippen LogP contribution in [0.4, 0.5) is 11.4 Å². The van der Waals surface area contributed by atoms with Crippen molar-refractivity contribution >= 4 is 11.4 Å². The molecule has 6 nitrogen and oxygen atoms in total. The Morgan fingerprint density at radius 1 is 1.25 bits per heavy atom. The normalized spacial score (nSPS) is 17.4. The van der Waals surface area contributed by atoms with Gasteiger partial charge in [-0.15, -0.1) is 5.43 Å². The van der Waals surface area contributed by atoms with Crippen LogP contribution in [0.15, 0.2) is 24.3 Å². The number of piperidine rings is 1. The Morgan fingerprint density at radius 3 is 2.55 bits per heavy atom. The Balaban J connectivity index is 1.92. The number of likely N-dealkylation sites (tertiary alicyclic amines) is 1. The molecule has 0 radical (unpaired) electrons. The molecule has 1 aromatic carbocycles. The predicted molar refractivity (Wildman–Crippen MR) is 80.4 cm³/mol. The van der Waals surface area contributed by atoms with E-state index >= 15 is 0 Å². The fourth-order valence-corrected chi connectivity index (χ4v) is 2.65. The average Bonchev–Trinajstić information content (AvgIpc) is 2.41. The fourth-order valence-electron chi connectivity index (χ4n) is 2.65. The Morgan fingerprint density at radius 2 is 1.90 bits per heavy atom.